The number of nitrogens with one attached hydrogen (secondary N) is 1. The van der Waals surface area contributed by atoms with Crippen molar-refractivity contribution >= 4 is 33.0 Å². The molecule has 1 aromatic heterocycles. The van der Waals surface area contributed by atoms with Gasteiger partial charge >= 0.3 is 0 Å². The molecule has 1 aliphatic heterocycles. The number of hydrogen-bond donors (Lipinski definition) is 2. The van der Waals surface area contributed by atoms with Gasteiger partial charge in [0.1, 0.15) is 5.75 Å². The molecule has 2 aromatic rings. The van der Waals surface area contributed by atoms with Gasteiger partial charge in [0.05, 0.1) is 15.5 Å². The smallest absolute Gasteiger partial charge is 0.265 e. The lowest BCUT2D eigenvalue weighted by atomic mass is 10.0. The monoisotopic (exact) mass is 380 g/mol. The van der Waals surface area contributed by atoms with Gasteiger partial charge in [-0.1, -0.05) is 19.1 Å². The topological polar surface area (TPSA) is 86.7 Å². The Morgan fingerprint density at radius 1 is 1.36 bits per heavy atom. The number of rotatable bonds is 4. The van der Waals surface area contributed by atoms with Crippen molar-refractivity contribution in [1.82, 2.24) is 4.31 Å². The van der Waals surface area contributed by atoms with Crippen LogP contribution in [0.5, 0.6) is 5.75 Å². The molecule has 0 radical (unpaired) electrons. The number of nitrogens with zero attached hydrogens (tertiary/aromatic N) is 1. The molecule has 1 atom stereocenters. The molecule has 25 heavy (non-hydrogen) atoms. The highest BCUT2D eigenvalue weighted by atomic mass is 32.2. The first kappa shape index (κ1) is 17.9. The van der Waals surface area contributed by atoms with E-state index < -0.39 is 15.9 Å². The number of para-hydroxylation sites is 2. The lowest BCUT2D eigenvalue weighted by Crippen LogP contribution is -2.38. The molecule has 6 nitrogen and oxygen atoms in total. The fourth-order valence-electron chi connectivity index (χ4n) is 2.85. The Bertz CT molecular complexity index is 876. The minimum atomic E-state index is -3.57. The SMILES string of the molecule is CC1CCCN(S(=O)(=O)c2csc(C(=O)Nc3ccccc3O)c2)C1. The maximum Gasteiger partial charge on any atom is 0.265 e. The largest absolute Gasteiger partial charge is 0.506 e. The van der Waals surface area contributed by atoms with Crippen LogP contribution >= 0.6 is 11.3 Å². The Kier molecular flexibility index (Phi) is 5.12. The van der Waals surface area contributed by atoms with Gasteiger partial charge in [0.2, 0.25) is 10.0 Å². The Morgan fingerprint density at radius 3 is 2.84 bits per heavy atom. The van der Waals surface area contributed by atoms with Crippen molar-refractivity contribution < 1.29 is 18.3 Å². The van der Waals surface area contributed by atoms with E-state index in [2.05, 4.69) is 5.32 Å². The highest BCUT2D eigenvalue weighted by Gasteiger charge is 2.30. The predicted octanol–water partition coefficient (Wildman–Crippen LogP) is 3.13. The normalized spacial score (nSPS) is 18.8. The van der Waals surface area contributed by atoms with Gasteiger partial charge in [0, 0.05) is 18.5 Å². The Labute approximate surface area is 151 Å². The number of carbonyl (C=O) groups excluding carboxylic acids is 1. The van der Waals surface area contributed by atoms with Crippen molar-refractivity contribution in [3.05, 3.63) is 40.6 Å². The maximum absolute atomic E-state index is 12.7. The standard InChI is InChI=1S/C17H20N2O4S2/c1-12-5-4-8-19(10-12)25(22,23)13-9-16(24-11-13)17(21)18-14-6-2-3-7-15(14)20/h2-3,6-7,9,11-12,20H,4-5,8,10H2,1H3,(H,18,21). The molecule has 3 rings (SSSR count). The number of amides is 1. The number of benzene rings is 1. The molecule has 1 aliphatic rings. The number of thiophene rings is 1. The summed E-state index contributed by atoms with van der Waals surface area (Å²) < 4.78 is 27.0. The fraction of sp³-hybridized carbons (Fsp3) is 0.353. The molecule has 1 fully saturated rings. The molecular formula is C17H20N2O4S2. The second kappa shape index (κ2) is 7.15. The zero-order valence-corrected chi connectivity index (χ0v) is 15.4. The van der Waals surface area contributed by atoms with Crippen molar-refractivity contribution in [3.8, 4) is 5.75 Å². The molecule has 1 aromatic carbocycles. The summed E-state index contributed by atoms with van der Waals surface area (Å²) in [6.45, 7) is 3.07. The van der Waals surface area contributed by atoms with Gasteiger partial charge in [0.25, 0.3) is 5.91 Å². The van der Waals surface area contributed by atoms with Gasteiger partial charge < -0.3 is 10.4 Å². The average molecular weight is 380 g/mol. The van der Waals surface area contributed by atoms with Crippen LogP contribution in [0.1, 0.15) is 29.4 Å². The second-order valence-electron chi connectivity index (χ2n) is 6.23. The number of phenols is 1. The molecule has 2 N–H and O–H groups in total. The van der Waals surface area contributed by atoms with Crippen LogP contribution in [-0.4, -0.2) is 36.8 Å². The average Bonchev–Trinajstić information content (AvgIpc) is 3.08. The summed E-state index contributed by atoms with van der Waals surface area (Å²) in [7, 11) is -3.57. The molecule has 0 bridgehead atoms. The van der Waals surface area contributed by atoms with Crippen LogP contribution in [0.15, 0.2) is 40.6 Å². The summed E-state index contributed by atoms with van der Waals surface area (Å²) in [5.41, 5.74) is 0.287. The summed E-state index contributed by atoms with van der Waals surface area (Å²) in [5, 5.41) is 13.8. The first-order valence-corrected chi connectivity index (χ1v) is 10.4. The summed E-state index contributed by atoms with van der Waals surface area (Å²) >= 11 is 1.07. The van der Waals surface area contributed by atoms with E-state index in [-0.39, 0.29) is 21.2 Å². The van der Waals surface area contributed by atoms with Gasteiger partial charge in [-0.15, -0.1) is 11.3 Å². The Morgan fingerprint density at radius 2 is 2.12 bits per heavy atom. The number of piperidine rings is 1. The van der Waals surface area contributed by atoms with Crippen LogP contribution < -0.4 is 5.32 Å². The molecule has 0 saturated carbocycles. The van der Waals surface area contributed by atoms with E-state index in [1.807, 2.05) is 6.92 Å². The van der Waals surface area contributed by atoms with E-state index in [1.165, 1.54) is 21.8 Å². The van der Waals surface area contributed by atoms with Gasteiger partial charge in [-0.3, -0.25) is 4.79 Å². The van der Waals surface area contributed by atoms with Crippen molar-refractivity contribution in [2.75, 3.05) is 18.4 Å². The van der Waals surface area contributed by atoms with Crippen molar-refractivity contribution in [1.29, 1.82) is 0 Å². The minimum Gasteiger partial charge on any atom is -0.506 e. The molecule has 134 valence electrons. The van der Waals surface area contributed by atoms with Crippen LogP contribution in [0.4, 0.5) is 5.69 Å². The van der Waals surface area contributed by atoms with Gasteiger partial charge in [-0.05, 0) is 37.0 Å². The molecule has 0 aliphatic carbocycles. The van der Waals surface area contributed by atoms with E-state index in [9.17, 15) is 18.3 Å². The molecule has 2 heterocycles. The lowest BCUT2D eigenvalue weighted by Gasteiger charge is -2.29. The van der Waals surface area contributed by atoms with E-state index in [1.54, 1.807) is 18.2 Å². The molecule has 1 unspecified atom stereocenters. The molecule has 8 heteroatoms. The number of aromatic hydroxyl groups is 1. The first-order chi connectivity index (χ1) is 11.9. The number of phenolic OH excluding ortho intramolecular Hbond substituents is 1. The molecule has 1 amide bonds. The van der Waals surface area contributed by atoms with Crippen molar-refractivity contribution in [2.24, 2.45) is 5.92 Å². The number of carbonyl (C=O) groups is 1. The van der Waals surface area contributed by atoms with E-state index >= 15 is 0 Å². The number of sulfonamides is 1. The van der Waals surface area contributed by atoms with E-state index in [4.69, 9.17) is 0 Å². The first-order valence-electron chi connectivity index (χ1n) is 8.06. The summed E-state index contributed by atoms with van der Waals surface area (Å²) in [6.07, 6.45) is 1.88. The van der Waals surface area contributed by atoms with Crippen LogP contribution in [0.3, 0.4) is 0 Å². The Hall–Kier alpha value is -1.90. The third-order valence-corrected chi connectivity index (χ3v) is 7.13. The van der Waals surface area contributed by atoms with Crippen LogP contribution in [0.2, 0.25) is 0 Å². The number of anilines is 1. The van der Waals surface area contributed by atoms with Gasteiger partial charge in [-0.2, -0.15) is 4.31 Å². The van der Waals surface area contributed by atoms with Gasteiger partial charge in [-0.25, -0.2) is 8.42 Å². The second-order valence-corrected chi connectivity index (χ2v) is 9.08. The van der Waals surface area contributed by atoms with Crippen LogP contribution in [0.25, 0.3) is 0 Å². The van der Waals surface area contributed by atoms with Crippen LogP contribution in [-0.2, 0) is 10.0 Å². The van der Waals surface area contributed by atoms with E-state index in [0.29, 0.717) is 19.0 Å². The number of hydrogen-bond acceptors (Lipinski definition) is 5. The Balaban J connectivity index is 1.77. The van der Waals surface area contributed by atoms with Crippen molar-refractivity contribution in [3.63, 3.8) is 0 Å². The predicted molar refractivity (Wildman–Crippen MR) is 97.5 cm³/mol. The van der Waals surface area contributed by atoms with Crippen molar-refractivity contribution in [2.45, 2.75) is 24.7 Å². The quantitative estimate of drug-likeness (QED) is 0.798. The lowest BCUT2D eigenvalue weighted by molar-refractivity contribution is 0.103. The fourth-order valence-corrected chi connectivity index (χ4v) is 5.60. The van der Waals surface area contributed by atoms with Crippen LogP contribution in [0, 0.1) is 5.92 Å². The zero-order chi connectivity index (χ0) is 18.0. The third-order valence-electron chi connectivity index (χ3n) is 4.21. The molecule has 0 spiro atoms. The zero-order valence-electron chi connectivity index (χ0n) is 13.8. The third kappa shape index (κ3) is 3.86. The summed E-state index contributed by atoms with van der Waals surface area (Å²) in [4.78, 5) is 12.7. The van der Waals surface area contributed by atoms with E-state index in [0.717, 1.165) is 24.2 Å². The highest BCUT2D eigenvalue weighted by Crippen LogP contribution is 2.28. The summed E-state index contributed by atoms with van der Waals surface area (Å²) in [5.74, 6) is -0.145. The maximum atomic E-state index is 12.7. The summed E-state index contributed by atoms with van der Waals surface area (Å²) in [6, 6.07) is 7.79. The molecular weight excluding hydrogens is 360 g/mol. The molecule has 1 saturated heterocycles. The minimum absolute atomic E-state index is 0.0393. The highest BCUT2D eigenvalue weighted by molar-refractivity contribution is 7.89. The van der Waals surface area contributed by atoms with Gasteiger partial charge in [0.15, 0.2) is 0 Å².